The third kappa shape index (κ3) is 3.85. The van der Waals surface area contributed by atoms with Crippen LogP contribution in [0.2, 0.25) is 10.0 Å². The average molecular weight is 432 g/mol. The van der Waals surface area contributed by atoms with Crippen molar-refractivity contribution in [2.24, 2.45) is 4.99 Å². The maximum atomic E-state index is 12.2. The molecule has 1 aromatic heterocycles. The minimum atomic E-state index is -0.819. The molecule has 2 aromatic carbocycles. The predicted octanol–water partition coefficient (Wildman–Crippen LogP) is 3.12. The third-order valence-electron chi connectivity index (χ3n) is 4.15. The molecule has 146 valence electrons. The Morgan fingerprint density at radius 3 is 2.48 bits per heavy atom. The molecule has 0 radical (unpaired) electrons. The average Bonchev–Trinajstić information content (AvgIpc) is 3.13. The summed E-state index contributed by atoms with van der Waals surface area (Å²) in [6, 6.07) is 9.97. The lowest BCUT2D eigenvalue weighted by molar-refractivity contribution is 0.0977. The second-order valence-electron chi connectivity index (χ2n) is 6.12. The quantitative estimate of drug-likeness (QED) is 0.634. The van der Waals surface area contributed by atoms with Crippen LogP contribution >= 0.6 is 23.2 Å². The number of halogens is 2. The van der Waals surface area contributed by atoms with E-state index < -0.39 is 11.5 Å². The second-order valence-corrected chi connectivity index (χ2v) is 6.94. The van der Waals surface area contributed by atoms with Crippen LogP contribution in [0.5, 0.6) is 5.75 Å². The molecular weight excluding hydrogens is 421 g/mol. The minimum absolute atomic E-state index is 0.0376. The first kappa shape index (κ1) is 19.1. The van der Waals surface area contributed by atoms with Gasteiger partial charge in [-0.2, -0.15) is 0 Å². The summed E-state index contributed by atoms with van der Waals surface area (Å²) in [5.74, 6) is -1.21. The molecule has 0 spiro atoms. The number of nitrogens with one attached hydrogen (secondary N) is 1. The summed E-state index contributed by atoms with van der Waals surface area (Å²) < 4.78 is 10.1. The lowest BCUT2D eigenvalue weighted by Crippen LogP contribution is -2.23. The SMILES string of the molecule is O=C(Cc1cc(Cl)c(OC2=NCC(=O)c3ccccc32)c(Cl)c1)c1noc(=O)[nH]1. The highest BCUT2D eigenvalue weighted by Crippen LogP contribution is 2.35. The lowest BCUT2D eigenvalue weighted by Gasteiger charge is -2.18. The van der Waals surface area contributed by atoms with E-state index in [4.69, 9.17) is 27.9 Å². The Morgan fingerprint density at radius 1 is 1.14 bits per heavy atom. The van der Waals surface area contributed by atoms with Gasteiger partial charge in [-0.15, -0.1) is 0 Å². The first-order chi connectivity index (χ1) is 13.9. The largest absolute Gasteiger partial charge is 0.439 e. The molecule has 8 nitrogen and oxygen atoms in total. The number of aliphatic imine (C=N–C) groups is 1. The zero-order chi connectivity index (χ0) is 20.5. The highest BCUT2D eigenvalue weighted by molar-refractivity contribution is 6.37. The fourth-order valence-electron chi connectivity index (χ4n) is 2.84. The molecule has 10 heteroatoms. The summed E-state index contributed by atoms with van der Waals surface area (Å²) in [6.07, 6.45) is -0.111. The molecule has 0 amide bonds. The predicted molar refractivity (Wildman–Crippen MR) is 104 cm³/mol. The maximum Gasteiger partial charge on any atom is 0.439 e. The summed E-state index contributed by atoms with van der Waals surface area (Å²) >= 11 is 12.6. The first-order valence-corrected chi connectivity index (χ1v) is 9.10. The van der Waals surface area contributed by atoms with Crippen LogP contribution < -0.4 is 10.5 Å². The maximum absolute atomic E-state index is 12.2. The van der Waals surface area contributed by atoms with Crippen molar-refractivity contribution in [2.45, 2.75) is 6.42 Å². The van der Waals surface area contributed by atoms with Crippen molar-refractivity contribution < 1.29 is 18.8 Å². The summed E-state index contributed by atoms with van der Waals surface area (Å²) in [5, 5.41) is 3.67. The van der Waals surface area contributed by atoms with Crippen LogP contribution in [0.1, 0.15) is 32.1 Å². The van der Waals surface area contributed by atoms with E-state index in [1.165, 1.54) is 12.1 Å². The van der Waals surface area contributed by atoms with Gasteiger partial charge in [0, 0.05) is 17.5 Å². The summed E-state index contributed by atoms with van der Waals surface area (Å²) in [5.41, 5.74) is 1.54. The van der Waals surface area contributed by atoms with Crippen LogP contribution in [0.15, 0.2) is 50.7 Å². The van der Waals surface area contributed by atoms with Gasteiger partial charge in [0.25, 0.3) is 0 Å². The molecule has 1 N–H and O–H groups in total. The number of benzene rings is 2. The zero-order valence-corrected chi connectivity index (χ0v) is 16.1. The van der Waals surface area contributed by atoms with Crippen LogP contribution in [-0.4, -0.2) is 34.1 Å². The van der Waals surface area contributed by atoms with E-state index in [9.17, 15) is 14.4 Å². The van der Waals surface area contributed by atoms with Crippen molar-refractivity contribution in [3.05, 3.63) is 79.5 Å². The molecule has 1 aliphatic heterocycles. The Balaban J connectivity index is 1.59. The highest BCUT2D eigenvalue weighted by Gasteiger charge is 2.23. The topological polar surface area (TPSA) is 115 Å². The molecule has 4 rings (SSSR count). The van der Waals surface area contributed by atoms with Crippen LogP contribution in [0.3, 0.4) is 0 Å². The zero-order valence-electron chi connectivity index (χ0n) is 14.6. The molecule has 1 aliphatic rings. The number of H-pyrrole nitrogens is 1. The number of aromatic amines is 1. The van der Waals surface area contributed by atoms with Gasteiger partial charge < -0.3 is 4.74 Å². The van der Waals surface area contributed by atoms with Crippen molar-refractivity contribution in [2.75, 3.05) is 6.54 Å². The van der Waals surface area contributed by atoms with Gasteiger partial charge in [-0.25, -0.2) is 9.79 Å². The Morgan fingerprint density at radius 2 is 1.83 bits per heavy atom. The minimum Gasteiger partial charge on any atom is -0.436 e. The Labute approximate surface area is 173 Å². The summed E-state index contributed by atoms with van der Waals surface area (Å²) in [7, 11) is 0. The monoisotopic (exact) mass is 431 g/mol. The number of hydrogen-bond acceptors (Lipinski definition) is 7. The fourth-order valence-corrected chi connectivity index (χ4v) is 3.45. The molecule has 2 heterocycles. The van der Waals surface area contributed by atoms with Gasteiger partial charge in [0.15, 0.2) is 11.5 Å². The Hall–Kier alpha value is -3.23. The lowest BCUT2D eigenvalue weighted by atomic mass is 10.0. The number of fused-ring (bicyclic) bond motifs is 1. The van der Waals surface area contributed by atoms with Gasteiger partial charge in [0.05, 0.1) is 10.0 Å². The van der Waals surface area contributed by atoms with Gasteiger partial charge in [0.2, 0.25) is 17.5 Å². The van der Waals surface area contributed by atoms with Crippen LogP contribution in [-0.2, 0) is 6.42 Å². The second kappa shape index (κ2) is 7.65. The van der Waals surface area contributed by atoms with Gasteiger partial charge in [-0.05, 0) is 23.8 Å². The number of rotatable bonds is 4. The van der Waals surface area contributed by atoms with Crippen molar-refractivity contribution in [3.8, 4) is 5.75 Å². The molecule has 0 atom stereocenters. The number of nitrogens with zero attached hydrogens (tertiary/aromatic N) is 2. The number of carbonyl (C=O) groups is 2. The van der Waals surface area contributed by atoms with Crippen molar-refractivity contribution in [1.29, 1.82) is 0 Å². The number of Topliss-reactive ketones (excluding diaryl/α,β-unsaturated/α-hetero) is 2. The molecule has 0 unspecified atom stereocenters. The van der Waals surface area contributed by atoms with Crippen molar-refractivity contribution in [3.63, 3.8) is 0 Å². The van der Waals surface area contributed by atoms with E-state index in [0.29, 0.717) is 16.7 Å². The molecular formula is C19H11Cl2N3O5. The molecule has 29 heavy (non-hydrogen) atoms. The third-order valence-corrected chi connectivity index (χ3v) is 4.71. The normalized spacial score (nSPS) is 13.0. The molecule has 3 aromatic rings. The van der Waals surface area contributed by atoms with Crippen LogP contribution in [0.25, 0.3) is 0 Å². The smallest absolute Gasteiger partial charge is 0.436 e. The first-order valence-electron chi connectivity index (χ1n) is 8.34. The van der Waals surface area contributed by atoms with Gasteiger partial charge >= 0.3 is 5.76 Å². The Kier molecular flexibility index (Phi) is 5.04. The van der Waals surface area contributed by atoms with E-state index in [-0.39, 0.29) is 46.3 Å². The van der Waals surface area contributed by atoms with Crippen LogP contribution in [0, 0.1) is 0 Å². The number of hydrogen-bond donors (Lipinski definition) is 1. The summed E-state index contributed by atoms with van der Waals surface area (Å²) in [6.45, 7) is -0.0376. The molecule has 0 bridgehead atoms. The molecule has 0 fully saturated rings. The standard InChI is InChI=1S/C19H11Cl2N3O5/c20-12-5-9(7-14(25)17-23-19(27)29-24-17)6-13(21)16(12)28-18-11-4-2-1-3-10(11)15(26)8-22-18/h1-6H,7-8H2,(H,23,24,27). The van der Waals surface area contributed by atoms with E-state index in [1.807, 2.05) is 0 Å². The molecule has 0 saturated heterocycles. The number of ether oxygens (including phenoxy) is 1. The fraction of sp³-hybridized carbons (Fsp3) is 0.105. The van der Waals surface area contributed by atoms with Gasteiger partial charge in [-0.3, -0.25) is 19.1 Å². The van der Waals surface area contributed by atoms with Crippen molar-refractivity contribution >= 4 is 40.7 Å². The van der Waals surface area contributed by atoms with Crippen molar-refractivity contribution in [1.82, 2.24) is 10.1 Å². The van der Waals surface area contributed by atoms with E-state index in [1.54, 1.807) is 24.3 Å². The van der Waals surface area contributed by atoms with E-state index in [0.717, 1.165) is 0 Å². The van der Waals surface area contributed by atoms with Gasteiger partial charge in [-0.1, -0.05) is 46.6 Å². The van der Waals surface area contributed by atoms with Gasteiger partial charge in [0.1, 0.15) is 6.54 Å². The molecule has 0 aliphatic carbocycles. The molecule has 0 saturated carbocycles. The highest BCUT2D eigenvalue weighted by atomic mass is 35.5. The number of aromatic nitrogens is 2. The Bertz CT molecular complexity index is 1210. The number of carbonyl (C=O) groups excluding carboxylic acids is 2. The van der Waals surface area contributed by atoms with E-state index >= 15 is 0 Å². The van der Waals surface area contributed by atoms with Crippen LogP contribution in [0.4, 0.5) is 0 Å². The number of ketones is 2. The van der Waals surface area contributed by atoms with E-state index in [2.05, 4.69) is 19.7 Å². The summed E-state index contributed by atoms with van der Waals surface area (Å²) in [4.78, 5) is 41.5.